The number of carbonyl (C=O) groups excluding carboxylic acids is 2. The molecule has 4 atom stereocenters. The summed E-state index contributed by atoms with van der Waals surface area (Å²) in [4.78, 5) is 27.1. The molecule has 2 saturated heterocycles. The number of aryl methyl sites for hydroxylation is 2. The molecule has 3 aromatic rings. The molecule has 0 spiro atoms. The molecule has 0 unspecified atom stereocenters. The molecule has 3 aromatic carbocycles. The summed E-state index contributed by atoms with van der Waals surface area (Å²) in [5.74, 6) is -1.49. The lowest BCUT2D eigenvalue weighted by molar-refractivity contribution is -0.210. The Hall–Kier alpha value is -3.39. The molecule has 0 aliphatic carbocycles. The van der Waals surface area contributed by atoms with Crippen molar-refractivity contribution in [2.24, 2.45) is 5.92 Å². The highest BCUT2D eigenvalue weighted by molar-refractivity contribution is 6.21. The fourth-order valence-corrected chi connectivity index (χ4v) is 5.93. The number of amides is 2. The maximum Gasteiger partial charge on any atom is 0.261 e. The normalized spacial score (nSPS) is 25.3. The van der Waals surface area contributed by atoms with Crippen molar-refractivity contribution in [3.63, 3.8) is 0 Å². The van der Waals surface area contributed by atoms with E-state index in [-0.39, 0.29) is 35.8 Å². The molecule has 6 nitrogen and oxygen atoms in total. The predicted octanol–water partition coefficient (Wildman–Crippen LogP) is 5.91. The van der Waals surface area contributed by atoms with E-state index in [1.165, 1.54) is 4.90 Å². The Morgan fingerprint density at radius 3 is 2.21 bits per heavy atom. The minimum atomic E-state index is -0.751. The highest BCUT2D eigenvalue weighted by Gasteiger charge is 2.54. The lowest BCUT2D eigenvalue weighted by Gasteiger charge is -2.27. The first-order valence-corrected chi connectivity index (χ1v) is 13.5. The van der Waals surface area contributed by atoms with E-state index in [1.807, 2.05) is 32.0 Å². The van der Waals surface area contributed by atoms with Gasteiger partial charge in [0.15, 0.2) is 12.1 Å². The number of ether oxygens (including phenoxy) is 3. The van der Waals surface area contributed by atoms with E-state index in [0.717, 1.165) is 29.5 Å². The lowest BCUT2D eigenvalue weighted by Crippen LogP contribution is -2.36. The number of carbonyl (C=O) groups is 2. The summed E-state index contributed by atoms with van der Waals surface area (Å²) >= 11 is 0. The number of halogens is 1. The Balaban J connectivity index is 1.13. The average Bonchev–Trinajstić information content (AvgIpc) is 3.48. The zero-order valence-electron chi connectivity index (χ0n) is 22.4. The van der Waals surface area contributed by atoms with Crippen molar-refractivity contribution in [2.45, 2.75) is 64.3 Å². The molecule has 2 amide bonds. The fraction of sp³-hybridized carbons (Fsp3) is 0.375. The van der Waals surface area contributed by atoms with Crippen LogP contribution in [0, 0.1) is 18.7 Å². The largest absolute Gasteiger partial charge is 0.346 e. The number of benzene rings is 3. The van der Waals surface area contributed by atoms with Gasteiger partial charge >= 0.3 is 0 Å². The number of hydrogen-bond donors (Lipinski definition) is 0. The van der Waals surface area contributed by atoms with Crippen LogP contribution in [0.1, 0.15) is 58.5 Å². The van der Waals surface area contributed by atoms with Gasteiger partial charge in [-0.25, -0.2) is 4.39 Å². The smallest absolute Gasteiger partial charge is 0.261 e. The van der Waals surface area contributed by atoms with E-state index < -0.39 is 12.1 Å². The third-order valence-electron chi connectivity index (χ3n) is 8.04. The van der Waals surface area contributed by atoms with Crippen molar-refractivity contribution in [3.8, 4) is 11.1 Å². The summed E-state index contributed by atoms with van der Waals surface area (Å²) in [5, 5.41) is 0. The van der Waals surface area contributed by atoms with Gasteiger partial charge in [-0.15, -0.1) is 0 Å². The van der Waals surface area contributed by atoms with Crippen molar-refractivity contribution in [1.29, 1.82) is 0 Å². The van der Waals surface area contributed by atoms with E-state index in [4.69, 9.17) is 14.2 Å². The SMILES string of the molecule is Cc1ccc(-c2ccc(CC[C@@H]3O[C@@H]4OC(C)(C)O[C@@H]4[C@@H]3CCN3C(=O)c4ccccc4C3=O)cc2)cc1F. The topological polar surface area (TPSA) is 65.1 Å². The zero-order valence-corrected chi connectivity index (χ0v) is 22.4. The molecule has 0 bridgehead atoms. The molecule has 0 aromatic heterocycles. The Morgan fingerprint density at radius 2 is 1.54 bits per heavy atom. The number of hydrogen-bond acceptors (Lipinski definition) is 5. The Morgan fingerprint density at radius 1 is 0.872 bits per heavy atom. The third-order valence-corrected chi connectivity index (χ3v) is 8.04. The predicted molar refractivity (Wildman–Crippen MR) is 144 cm³/mol. The summed E-state index contributed by atoms with van der Waals surface area (Å²) in [7, 11) is 0. The molecule has 202 valence electrons. The van der Waals surface area contributed by atoms with Gasteiger partial charge in [0, 0.05) is 12.5 Å². The van der Waals surface area contributed by atoms with Crippen molar-refractivity contribution >= 4 is 11.8 Å². The van der Waals surface area contributed by atoms with Crippen molar-refractivity contribution in [2.75, 3.05) is 6.54 Å². The van der Waals surface area contributed by atoms with Crippen LogP contribution < -0.4 is 0 Å². The summed E-state index contributed by atoms with van der Waals surface area (Å²) in [5.41, 5.74) is 4.50. The average molecular weight is 530 g/mol. The minimum absolute atomic E-state index is 0.0316. The van der Waals surface area contributed by atoms with Crippen LogP contribution in [0.4, 0.5) is 4.39 Å². The Kier molecular flexibility index (Phi) is 6.61. The van der Waals surface area contributed by atoms with Crippen LogP contribution in [0.25, 0.3) is 11.1 Å². The number of rotatable bonds is 7. The second kappa shape index (κ2) is 9.97. The van der Waals surface area contributed by atoms with Gasteiger partial charge in [-0.3, -0.25) is 14.5 Å². The van der Waals surface area contributed by atoms with Gasteiger partial charge in [0.05, 0.1) is 17.2 Å². The summed E-state index contributed by atoms with van der Waals surface area (Å²) in [6, 6.07) is 20.4. The van der Waals surface area contributed by atoms with E-state index in [2.05, 4.69) is 12.1 Å². The first kappa shape index (κ1) is 25.9. The molecule has 0 radical (unpaired) electrons. The van der Waals surface area contributed by atoms with Crippen LogP contribution >= 0.6 is 0 Å². The standard InChI is InChI=1S/C32H32FNO5/c1-19-8-12-22(18-26(19)33)21-13-9-20(10-14-21)11-15-27-25(28-31(37-27)39-32(2,3)38-28)16-17-34-29(35)23-6-4-5-7-24(23)30(34)36/h4-10,12-14,18,25,27-28,31H,11,15-17H2,1-3H3/t25-,27+,28-,31-/m1/s1. The number of imide groups is 1. The van der Waals surface area contributed by atoms with Crippen LogP contribution in [0.2, 0.25) is 0 Å². The lowest BCUT2D eigenvalue weighted by atomic mass is 9.90. The van der Waals surface area contributed by atoms with E-state index in [0.29, 0.717) is 29.7 Å². The zero-order chi connectivity index (χ0) is 27.3. The molecular formula is C32H32FNO5. The quantitative estimate of drug-likeness (QED) is 0.356. The second-order valence-corrected chi connectivity index (χ2v) is 11.1. The van der Waals surface area contributed by atoms with Crippen molar-refractivity contribution in [3.05, 3.63) is 94.8 Å². The first-order valence-electron chi connectivity index (χ1n) is 13.5. The monoisotopic (exact) mass is 529 g/mol. The van der Waals surface area contributed by atoms with Crippen molar-refractivity contribution < 1.29 is 28.2 Å². The first-order chi connectivity index (χ1) is 18.7. The summed E-state index contributed by atoms with van der Waals surface area (Å²) in [6.45, 7) is 5.79. The molecular weight excluding hydrogens is 497 g/mol. The van der Waals surface area contributed by atoms with Crippen LogP contribution in [0.5, 0.6) is 0 Å². The van der Waals surface area contributed by atoms with Gasteiger partial charge in [0.1, 0.15) is 11.9 Å². The number of nitrogens with zero attached hydrogens (tertiary/aromatic N) is 1. The summed E-state index contributed by atoms with van der Waals surface area (Å²) < 4.78 is 32.6. The highest BCUT2D eigenvalue weighted by Crippen LogP contribution is 2.43. The van der Waals surface area contributed by atoms with Crippen LogP contribution in [0.15, 0.2) is 66.7 Å². The molecule has 6 rings (SSSR count). The van der Waals surface area contributed by atoms with E-state index >= 15 is 0 Å². The van der Waals surface area contributed by atoms with E-state index in [1.54, 1.807) is 43.3 Å². The summed E-state index contributed by atoms with van der Waals surface area (Å²) in [6.07, 6.45) is 1.20. The van der Waals surface area contributed by atoms with Crippen molar-refractivity contribution in [1.82, 2.24) is 4.90 Å². The Labute approximate surface area is 227 Å². The molecule has 3 heterocycles. The molecule has 39 heavy (non-hydrogen) atoms. The second-order valence-electron chi connectivity index (χ2n) is 11.1. The van der Waals surface area contributed by atoms with Crippen LogP contribution in [-0.4, -0.2) is 47.5 Å². The minimum Gasteiger partial charge on any atom is -0.346 e. The van der Waals surface area contributed by atoms with Gasteiger partial charge < -0.3 is 14.2 Å². The fourth-order valence-electron chi connectivity index (χ4n) is 5.93. The maximum atomic E-state index is 14.0. The number of fused-ring (bicyclic) bond motifs is 2. The van der Waals surface area contributed by atoms with Gasteiger partial charge in [0.25, 0.3) is 11.8 Å². The van der Waals surface area contributed by atoms with Crippen LogP contribution in [-0.2, 0) is 20.6 Å². The molecule has 3 aliphatic rings. The molecule has 0 saturated carbocycles. The van der Waals surface area contributed by atoms with Gasteiger partial charge in [-0.1, -0.05) is 48.5 Å². The molecule has 0 N–H and O–H groups in total. The molecule has 3 aliphatic heterocycles. The Bertz CT molecular complexity index is 1380. The highest BCUT2D eigenvalue weighted by atomic mass is 19.1. The molecule has 7 heteroatoms. The van der Waals surface area contributed by atoms with Gasteiger partial charge in [-0.05, 0) is 80.5 Å². The third kappa shape index (κ3) is 4.91. The van der Waals surface area contributed by atoms with Gasteiger partial charge in [-0.2, -0.15) is 0 Å². The van der Waals surface area contributed by atoms with Gasteiger partial charge in [0.2, 0.25) is 0 Å². The maximum absolute atomic E-state index is 14.0. The van der Waals surface area contributed by atoms with Crippen LogP contribution in [0.3, 0.4) is 0 Å². The van der Waals surface area contributed by atoms with E-state index in [9.17, 15) is 14.0 Å². The molecule has 2 fully saturated rings.